The van der Waals surface area contributed by atoms with Gasteiger partial charge in [0.05, 0.1) is 5.75 Å². The molecule has 1 heterocycles. The van der Waals surface area contributed by atoms with Crippen molar-refractivity contribution < 1.29 is 13.0 Å². The van der Waals surface area contributed by atoms with Crippen LogP contribution >= 0.6 is 8.73 Å². The lowest BCUT2D eigenvalue weighted by atomic mass is 10.3. The van der Waals surface area contributed by atoms with E-state index in [1.54, 1.807) is 6.20 Å². The molecule has 0 aliphatic rings. The maximum atomic E-state index is 10.4. The Morgan fingerprint density at radius 3 is 2.93 bits per heavy atom. The summed E-state index contributed by atoms with van der Waals surface area (Å²) in [4.78, 5) is 4.10. The summed E-state index contributed by atoms with van der Waals surface area (Å²) in [5.41, 5.74) is 1.01. The molecule has 0 amide bonds. The summed E-state index contributed by atoms with van der Waals surface area (Å²) in [6, 6.07) is 3.75. The number of nitrogens with one attached hydrogen (secondary N) is 1. The predicted octanol–water partition coefficient (Wildman–Crippen LogP) is 1.28. The number of hydrogen-bond acceptors (Lipinski definition) is 4. The van der Waals surface area contributed by atoms with Crippen LogP contribution in [0.2, 0.25) is 0 Å². The monoisotopic (exact) mass is 248 g/mol. The maximum Gasteiger partial charge on any atom is 0.265 e. The number of aromatic nitrogens is 1. The van der Waals surface area contributed by atoms with Crippen LogP contribution < -0.4 is 5.09 Å². The Morgan fingerprint density at radius 2 is 2.33 bits per heavy atom. The molecule has 1 unspecified atom stereocenters. The van der Waals surface area contributed by atoms with Crippen molar-refractivity contribution in [2.45, 2.75) is 6.92 Å². The minimum absolute atomic E-state index is 0.218. The standard InChI is InChI=1S/C8H13N2O3PS/c1-7-3-2-4-9-8(7)10-14-5-6-15(11,12)13/h2-4,14H,5-6H2,1H3,(H,9,10)(H,11,12,13). The number of hydrogen-bond donors (Lipinski definition) is 2. The summed E-state index contributed by atoms with van der Waals surface area (Å²) < 4.78 is 29.4. The summed E-state index contributed by atoms with van der Waals surface area (Å²) in [5.74, 6) is 0.538. The summed E-state index contributed by atoms with van der Waals surface area (Å²) in [7, 11) is -3.61. The number of aryl methyl sites for hydroxylation is 1. The first-order valence-corrected chi connectivity index (χ1v) is 7.16. The number of pyridine rings is 1. The molecule has 0 saturated heterocycles. The Labute approximate surface area is 90.9 Å². The van der Waals surface area contributed by atoms with Crippen molar-refractivity contribution in [1.29, 1.82) is 0 Å². The van der Waals surface area contributed by atoms with Crippen molar-refractivity contribution in [2.24, 2.45) is 0 Å². The normalized spacial score (nSPS) is 12.1. The molecule has 0 aliphatic carbocycles. The fraction of sp³-hybridized carbons (Fsp3) is 0.375. The first kappa shape index (κ1) is 12.4. The van der Waals surface area contributed by atoms with E-state index in [-0.39, 0.29) is 14.5 Å². The molecule has 0 aromatic carbocycles. The van der Waals surface area contributed by atoms with Crippen LogP contribution in [0, 0.1) is 6.92 Å². The third-order valence-corrected chi connectivity index (χ3v) is 3.70. The Balaban J connectivity index is 2.36. The van der Waals surface area contributed by atoms with E-state index in [1.807, 2.05) is 19.1 Å². The van der Waals surface area contributed by atoms with Gasteiger partial charge >= 0.3 is 0 Å². The lowest BCUT2D eigenvalue weighted by molar-refractivity contribution is 0.485. The van der Waals surface area contributed by atoms with Gasteiger partial charge in [0.2, 0.25) is 0 Å². The average molecular weight is 248 g/mol. The van der Waals surface area contributed by atoms with Crippen molar-refractivity contribution in [3.63, 3.8) is 0 Å². The van der Waals surface area contributed by atoms with E-state index >= 15 is 0 Å². The van der Waals surface area contributed by atoms with E-state index < -0.39 is 10.1 Å². The zero-order valence-electron chi connectivity index (χ0n) is 8.27. The molecule has 2 N–H and O–H groups in total. The van der Waals surface area contributed by atoms with Gasteiger partial charge in [0, 0.05) is 6.20 Å². The van der Waals surface area contributed by atoms with Crippen LogP contribution in [-0.4, -0.2) is 29.9 Å². The largest absolute Gasteiger partial charge is 0.352 e. The topological polar surface area (TPSA) is 79.3 Å². The molecule has 0 spiro atoms. The van der Waals surface area contributed by atoms with Gasteiger partial charge < -0.3 is 5.09 Å². The highest BCUT2D eigenvalue weighted by molar-refractivity contribution is 7.86. The smallest absolute Gasteiger partial charge is 0.265 e. The summed E-state index contributed by atoms with van der Waals surface area (Å²) in [5, 5.41) is 3.03. The molecule has 0 radical (unpaired) electrons. The van der Waals surface area contributed by atoms with Gasteiger partial charge in [0.15, 0.2) is 0 Å². The van der Waals surface area contributed by atoms with Crippen LogP contribution in [0.3, 0.4) is 0 Å². The van der Waals surface area contributed by atoms with Crippen LogP contribution in [0.5, 0.6) is 0 Å². The van der Waals surface area contributed by atoms with Gasteiger partial charge in [-0.2, -0.15) is 8.42 Å². The minimum Gasteiger partial charge on any atom is -0.352 e. The molecule has 15 heavy (non-hydrogen) atoms. The van der Waals surface area contributed by atoms with Crippen LogP contribution in [0.15, 0.2) is 18.3 Å². The van der Waals surface area contributed by atoms with Gasteiger partial charge in [-0.3, -0.25) is 4.55 Å². The molecule has 0 aliphatic heterocycles. The molecule has 0 saturated carbocycles. The second-order valence-corrected chi connectivity index (χ2v) is 5.68. The Morgan fingerprint density at radius 1 is 1.60 bits per heavy atom. The van der Waals surface area contributed by atoms with Crippen molar-refractivity contribution in [1.82, 2.24) is 4.98 Å². The van der Waals surface area contributed by atoms with Gasteiger partial charge in [0.25, 0.3) is 10.1 Å². The van der Waals surface area contributed by atoms with Crippen molar-refractivity contribution in [3.8, 4) is 0 Å². The van der Waals surface area contributed by atoms with E-state index in [0.29, 0.717) is 6.16 Å². The predicted molar refractivity (Wildman–Crippen MR) is 62.2 cm³/mol. The molecule has 0 bridgehead atoms. The molecule has 0 fully saturated rings. The van der Waals surface area contributed by atoms with E-state index in [9.17, 15) is 8.42 Å². The summed E-state index contributed by atoms with van der Waals surface area (Å²) in [6.45, 7) is 1.92. The van der Waals surface area contributed by atoms with E-state index in [4.69, 9.17) is 4.55 Å². The highest BCUT2D eigenvalue weighted by Crippen LogP contribution is 2.18. The highest BCUT2D eigenvalue weighted by atomic mass is 32.2. The Bertz CT molecular complexity index is 422. The molecule has 84 valence electrons. The molecule has 1 aromatic rings. The zero-order valence-corrected chi connectivity index (χ0v) is 10.1. The molecular weight excluding hydrogens is 235 g/mol. The van der Waals surface area contributed by atoms with E-state index in [0.717, 1.165) is 11.4 Å². The van der Waals surface area contributed by atoms with Crippen molar-refractivity contribution >= 4 is 24.7 Å². The molecule has 5 nitrogen and oxygen atoms in total. The maximum absolute atomic E-state index is 10.4. The van der Waals surface area contributed by atoms with Crippen LogP contribution in [0.4, 0.5) is 5.82 Å². The first-order chi connectivity index (χ1) is 6.99. The fourth-order valence-electron chi connectivity index (χ4n) is 0.943. The summed E-state index contributed by atoms with van der Waals surface area (Å²) >= 11 is 0. The van der Waals surface area contributed by atoms with E-state index in [2.05, 4.69) is 10.1 Å². The van der Waals surface area contributed by atoms with Gasteiger partial charge in [-0.05, 0) is 33.4 Å². The number of rotatable bonds is 5. The van der Waals surface area contributed by atoms with E-state index in [1.165, 1.54) is 0 Å². The van der Waals surface area contributed by atoms with Gasteiger partial charge in [-0.25, -0.2) is 4.98 Å². The SMILES string of the molecule is Cc1cccnc1NPCCS(=O)(=O)O. The lowest BCUT2D eigenvalue weighted by Gasteiger charge is -2.06. The summed E-state index contributed by atoms with van der Waals surface area (Å²) in [6.07, 6.45) is 2.05. The zero-order chi connectivity index (χ0) is 11.3. The Kier molecular flexibility index (Phi) is 4.45. The van der Waals surface area contributed by atoms with Crippen LogP contribution in [0.1, 0.15) is 5.56 Å². The van der Waals surface area contributed by atoms with Gasteiger partial charge in [0.1, 0.15) is 5.82 Å². The van der Waals surface area contributed by atoms with Gasteiger partial charge in [-0.15, -0.1) is 0 Å². The second-order valence-electron chi connectivity index (χ2n) is 3.01. The van der Waals surface area contributed by atoms with Gasteiger partial charge in [-0.1, -0.05) is 6.07 Å². The molecule has 1 atom stereocenters. The molecule has 1 rings (SSSR count). The number of anilines is 1. The Hall–Kier alpha value is -0.710. The molecule has 7 heteroatoms. The third-order valence-electron chi connectivity index (χ3n) is 1.70. The van der Waals surface area contributed by atoms with Crippen molar-refractivity contribution in [3.05, 3.63) is 23.9 Å². The highest BCUT2D eigenvalue weighted by Gasteiger charge is 2.03. The average Bonchev–Trinajstić information content (AvgIpc) is 2.13. The molecule has 1 aromatic heterocycles. The van der Waals surface area contributed by atoms with Crippen LogP contribution in [-0.2, 0) is 10.1 Å². The van der Waals surface area contributed by atoms with Crippen molar-refractivity contribution in [2.75, 3.05) is 17.0 Å². The second kappa shape index (κ2) is 5.39. The lowest BCUT2D eigenvalue weighted by Crippen LogP contribution is -2.06. The number of nitrogens with zero attached hydrogens (tertiary/aromatic N) is 1. The fourth-order valence-corrected chi connectivity index (χ4v) is 2.94. The first-order valence-electron chi connectivity index (χ1n) is 4.35. The third kappa shape index (κ3) is 5.06. The minimum atomic E-state index is -3.84. The van der Waals surface area contributed by atoms with Crippen LogP contribution in [0.25, 0.3) is 0 Å². The molecular formula is C8H13N2O3PS. The quantitative estimate of drug-likeness (QED) is 0.466.